The van der Waals surface area contributed by atoms with Crippen molar-refractivity contribution in [1.29, 1.82) is 0 Å². The van der Waals surface area contributed by atoms with Crippen molar-refractivity contribution in [2.75, 3.05) is 27.3 Å². The number of rotatable bonds is 4. The van der Waals surface area contributed by atoms with E-state index in [2.05, 4.69) is 0 Å². The second-order valence-corrected chi connectivity index (χ2v) is 10.7. The van der Waals surface area contributed by atoms with Crippen LogP contribution in [-0.2, 0) is 9.36 Å². The quantitative estimate of drug-likeness (QED) is 0.593. The molecule has 2 aliphatic heterocycles. The van der Waals surface area contributed by atoms with E-state index in [-0.39, 0.29) is 12.3 Å². The van der Waals surface area contributed by atoms with Crippen molar-refractivity contribution < 1.29 is 18.9 Å². The molecule has 2 atom stereocenters. The molecule has 32 heavy (non-hydrogen) atoms. The van der Waals surface area contributed by atoms with Crippen LogP contribution in [0.25, 0.3) is 0 Å². The van der Waals surface area contributed by atoms with Crippen LogP contribution in [0.1, 0.15) is 6.42 Å². The maximum Gasteiger partial charge on any atom is 0.271 e. The Morgan fingerprint density at radius 1 is 0.781 bits per heavy atom. The molecule has 0 radical (unpaired) electrons. The molecule has 8 heteroatoms. The zero-order chi connectivity index (χ0) is 22.3. The van der Waals surface area contributed by atoms with Gasteiger partial charge >= 0.3 is 0 Å². The van der Waals surface area contributed by atoms with E-state index in [4.69, 9.17) is 0 Å². The van der Waals surface area contributed by atoms with Crippen LogP contribution in [0.3, 0.4) is 0 Å². The molecule has 3 aromatic carbocycles. The van der Waals surface area contributed by atoms with Crippen LogP contribution in [0.4, 0.5) is 21.5 Å². The summed E-state index contributed by atoms with van der Waals surface area (Å²) in [6, 6.07) is 24.3. The van der Waals surface area contributed by atoms with E-state index in [0.29, 0.717) is 18.8 Å². The van der Waals surface area contributed by atoms with Gasteiger partial charge in [-0.25, -0.2) is 4.39 Å². The normalized spacial score (nSPS) is 22.6. The van der Waals surface area contributed by atoms with Crippen LogP contribution >= 0.6 is 7.44 Å². The Morgan fingerprint density at radius 2 is 1.28 bits per heavy atom. The minimum Gasteiger partial charge on any atom is -0.372 e. The molecule has 1 amide bonds. The van der Waals surface area contributed by atoms with Gasteiger partial charge in [-0.1, -0.05) is 36.4 Å². The molecule has 6 nitrogen and oxygen atoms in total. The second-order valence-electron chi connectivity index (χ2n) is 7.93. The summed E-state index contributed by atoms with van der Waals surface area (Å²) < 4.78 is 32.0. The number of carbonyl (C=O) groups is 1. The smallest absolute Gasteiger partial charge is 0.271 e. The molecule has 0 spiro atoms. The van der Waals surface area contributed by atoms with Crippen LogP contribution in [0.15, 0.2) is 84.9 Å². The van der Waals surface area contributed by atoms with E-state index in [9.17, 15) is 18.9 Å². The van der Waals surface area contributed by atoms with Crippen molar-refractivity contribution in [2.24, 2.45) is 0 Å². The highest BCUT2D eigenvalue weighted by Gasteiger charge is 2.57. The molecule has 3 aromatic rings. The summed E-state index contributed by atoms with van der Waals surface area (Å²) >= 11 is 0. The first kappa shape index (κ1) is 20.7. The summed E-state index contributed by atoms with van der Waals surface area (Å²) in [6.45, 7) is 1.01. The summed E-state index contributed by atoms with van der Waals surface area (Å²) in [5.41, 5.74) is 1.13. The Balaban J connectivity index is 1.58. The molecular formula is C24H23FN3O3P. The number of para-hydroxylation sites is 2. The Bertz CT molecular complexity index is 1110. The van der Waals surface area contributed by atoms with Gasteiger partial charge in [-0.3, -0.25) is 14.3 Å². The first-order chi connectivity index (χ1) is 15.5. The largest absolute Gasteiger partial charge is 0.372 e. The van der Waals surface area contributed by atoms with Crippen molar-refractivity contribution >= 4 is 30.4 Å². The number of aliphatic hydroxyl groups excluding tert-OH is 1. The van der Waals surface area contributed by atoms with Crippen LogP contribution in [-0.4, -0.2) is 36.0 Å². The van der Waals surface area contributed by atoms with Crippen LogP contribution in [0.2, 0.25) is 0 Å². The molecule has 2 saturated heterocycles. The maximum atomic E-state index is 14.9. The number of halogens is 1. The van der Waals surface area contributed by atoms with Crippen molar-refractivity contribution in [1.82, 2.24) is 0 Å². The second kappa shape index (κ2) is 8.08. The SMILES string of the molecule is O=C1CC(P2(=O)N(c3ccccc3)CCN2c2ccccc2)C(O)N1c1ccc(F)cc1. The van der Waals surface area contributed by atoms with Gasteiger partial charge in [0.15, 0.2) is 0 Å². The predicted molar refractivity (Wildman–Crippen MR) is 123 cm³/mol. The predicted octanol–water partition coefficient (Wildman–Crippen LogP) is 4.47. The highest BCUT2D eigenvalue weighted by molar-refractivity contribution is 7.68. The van der Waals surface area contributed by atoms with E-state index >= 15 is 0 Å². The summed E-state index contributed by atoms with van der Waals surface area (Å²) in [6.07, 6.45) is -1.36. The van der Waals surface area contributed by atoms with Crippen molar-refractivity contribution in [3.05, 3.63) is 90.7 Å². The zero-order valence-corrected chi connectivity index (χ0v) is 18.2. The molecule has 2 heterocycles. The third-order valence-electron chi connectivity index (χ3n) is 6.12. The maximum absolute atomic E-state index is 14.9. The van der Waals surface area contributed by atoms with E-state index in [1.807, 2.05) is 70.0 Å². The van der Waals surface area contributed by atoms with E-state index in [1.165, 1.54) is 29.2 Å². The molecule has 0 bridgehead atoms. The fraction of sp³-hybridized carbons (Fsp3) is 0.208. The summed E-state index contributed by atoms with van der Waals surface area (Å²) in [7, 11) is -3.46. The number of hydrogen-bond acceptors (Lipinski definition) is 3. The average molecular weight is 451 g/mol. The highest BCUT2D eigenvalue weighted by Crippen LogP contribution is 2.66. The monoisotopic (exact) mass is 451 g/mol. The lowest BCUT2D eigenvalue weighted by Crippen LogP contribution is -2.40. The van der Waals surface area contributed by atoms with Gasteiger partial charge in [0, 0.05) is 36.6 Å². The molecule has 0 saturated carbocycles. The summed E-state index contributed by atoms with van der Waals surface area (Å²) in [5.74, 6) is -0.766. The van der Waals surface area contributed by atoms with Gasteiger partial charge in [-0.05, 0) is 48.5 Å². The summed E-state index contributed by atoms with van der Waals surface area (Å²) in [4.78, 5) is 14.2. The molecule has 0 aliphatic carbocycles. The van der Waals surface area contributed by atoms with Crippen molar-refractivity contribution in [3.8, 4) is 0 Å². The van der Waals surface area contributed by atoms with Crippen molar-refractivity contribution in [2.45, 2.75) is 18.3 Å². The molecular weight excluding hydrogens is 428 g/mol. The molecule has 2 unspecified atom stereocenters. The fourth-order valence-electron chi connectivity index (χ4n) is 4.65. The number of hydrogen-bond donors (Lipinski definition) is 1. The first-order valence-electron chi connectivity index (χ1n) is 10.5. The minimum atomic E-state index is -3.46. The fourth-order valence-corrected chi connectivity index (χ4v) is 8.18. The Hall–Kier alpha value is -3.15. The molecule has 5 rings (SSSR count). The number of benzene rings is 3. The highest BCUT2D eigenvalue weighted by atomic mass is 31.2. The van der Waals surface area contributed by atoms with E-state index in [1.54, 1.807) is 0 Å². The van der Waals surface area contributed by atoms with Gasteiger partial charge in [0.05, 0.1) is 0 Å². The number of amides is 1. The van der Waals surface area contributed by atoms with Crippen LogP contribution < -0.4 is 14.2 Å². The Labute approximate surface area is 186 Å². The van der Waals surface area contributed by atoms with Gasteiger partial charge in [-0.2, -0.15) is 0 Å². The van der Waals surface area contributed by atoms with Crippen LogP contribution in [0, 0.1) is 5.82 Å². The standard InChI is InChI=1S/C24H23FN3O3P/c25-18-11-13-21(14-12-18)28-23(29)17-22(24(28)30)32(31)26(19-7-3-1-4-8-19)15-16-27(32)20-9-5-2-6-10-20/h1-14,22,24,30H,15-17H2. The number of carbonyl (C=O) groups excluding carboxylic acids is 1. The Kier molecular flexibility index (Phi) is 5.24. The molecule has 0 aromatic heterocycles. The number of nitrogens with zero attached hydrogens (tertiary/aromatic N) is 3. The van der Waals surface area contributed by atoms with Gasteiger partial charge in [0.25, 0.3) is 7.44 Å². The lowest BCUT2D eigenvalue weighted by atomic mass is 10.3. The zero-order valence-electron chi connectivity index (χ0n) is 17.3. The topological polar surface area (TPSA) is 64.1 Å². The van der Waals surface area contributed by atoms with E-state index in [0.717, 1.165) is 11.4 Å². The Morgan fingerprint density at radius 3 is 1.78 bits per heavy atom. The summed E-state index contributed by atoms with van der Waals surface area (Å²) in [5, 5.41) is 11.3. The minimum absolute atomic E-state index is 0.0670. The lowest BCUT2D eigenvalue weighted by molar-refractivity contribution is -0.117. The van der Waals surface area contributed by atoms with Crippen molar-refractivity contribution in [3.63, 3.8) is 0 Å². The molecule has 1 N–H and O–H groups in total. The number of aliphatic hydroxyl groups is 1. The molecule has 164 valence electrons. The number of anilines is 3. The van der Waals surface area contributed by atoms with E-state index < -0.39 is 25.1 Å². The third kappa shape index (κ3) is 3.29. The molecule has 2 fully saturated rings. The van der Waals surface area contributed by atoms with Gasteiger partial charge in [-0.15, -0.1) is 0 Å². The molecule has 2 aliphatic rings. The lowest BCUT2D eigenvalue weighted by Gasteiger charge is -2.38. The van der Waals surface area contributed by atoms with Crippen LogP contribution in [0.5, 0.6) is 0 Å². The first-order valence-corrected chi connectivity index (χ1v) is 12.2. The average Bonchev–Trinajstić information content (AvgIpc) is 3.32. The third-order valence-corrected chi connectivity index (χ3v) is 9.68. The van der Waals surface area contributed by atoms with Gasteiger partial charge < -0.3 is 14.4 Å². The van der Waals surface area contributed by atoms with Gasteiger partial charge in [0.1, 0.15) is 17.7 Å². The van der Waals surface area contributed by atoms with Gasteiger partial charge in [0.2, 0.25) is 5.91 Å².